The lowest BCUT2D eigenvalue weighted by atomic mass is 10.0. The van der Waals surface area contributed by atoms with Crippen LogP contribution in [-0.2, 0) is 9.53 Å². The molecule has 0 amide bonds. The number of carbonyl (C=O) groups excluding carboxylic acids is 1. The molecule has 0 aromatic heterocycles. The van der Waals surface area contributed by atoms with Crippen molar-refractivity contribution in [3.05, 3.63) is 48.0 Å². The van der Waals surface area contributed by atoms with E-state index in [0.29, 0.717) is 6.61 Å². The summed E-state index contributed by atoms with van der Waals surface area (Å²) in [6.07, 6.45) is 0.761. The highest BCUT2D eigenvalue weighted by molar-refractivity contribution is 5.83. The molecule has 1 aliphatic heterocycles. The molecule has 1 saturated heterocycles. The Bertz CT molecular complexity index is 608. The molecule has 3 heteroatoms. The Hall–Kier alpha value is -1.87. The van der Waals surface area contributed by atoms with E-state index in [0.717, 1.165) is 6.42 Å². The van der Waals surface area contributed by atoms with Crippen molar-refractivity contribution in [2.45, 2.75) is 25.4 Å². The molecule has 98 valence electrons. The maximum absolute atomic E-state index is 11.5. The number of hydrogen-bond donors (Lipinski definition) is 1. The van der Waals surface area contributed by atoms with E-state index in [2.05, 4.69) is 42.6 Å². The van der Waals surface area contributed by atoms with Gasteiger partial charge in [0.2, 0.25) is 0 Å². The van der Waals surface area contributed by atoms with Crippen molar-refractivity contribution < 1.29 is 9.53 Å². The summed E-state index contributed by atoms with van der Waals surface area (Å²) in [5.74, 6) is -0.132. The molecule has 2 atom stereocenters. The number of cyclic esters (lactones) is 1. The van der Waals surface area contributed by atoms with Gasteiger partial charge in [-0.05, 0) is 29.3 Å². The van der Waals surface area contributed by atoms with E-state index in [-0.39, 0.29) is 18.1 Å². The van der Waals surface area contributed by atoms with E-state index < -0.39 is 0 Å². The number of ether oxygens (including phenoxy) is 1. The zero-order chi connectivity index (χ0) is 13.2. The SMILES string of the molecule is CC(NC1CCOC1=O)c1ccc2ccccc2c1. The third-order valence-electron chi connectivity index (χ3n) is 3.66. The Balaban J connectivity index is 1.81. The van der Waals surface area contributed by atoms with Gasteiger partial charge in [-0.15, -0.1) is 0 Å². The fraction of sp³-hybridized carbons (Fsp3) is 0.312. The quantitative estimate of drug-likeness (QED) is 0.857. The Labute approximate surface area is 112 Å². The minimum atomic E-state index is -0.165. The van der Waals surface area contributed by atoms with Gasteiger partial charge in [0.05, 0.1) is 6.61 Å². The zero-order valence-electron chi connectivity index (χ0n) is 10.9. The fourth-order valence-corrected chi connectivity index (χ4v) is 2.52. The van der Waals surface area contributed by atoms with Crippen molar-refractivity contribution in [2.75, 3.05) is 6.61 Å². The van der Waals surface area contributed by atoms with E-state index in [4.69, 9.17) is 4.74 Å². The third kappa shape index (κ3) is 2.47. The average Bonchev–Trinajstić information content (AvgIpc) is 2.84. The molecule has 0 saturated carbocycles. The van der Waals surface area contributed by atoms with Gasteiger partial charge in [0.1, 0.15) is 6.04 Å². The number of carbonyl (C=O) groups is 1. The number of nitrogens with one attached hydrogen (secondary N) is 1. The number of benzene rings is 2. The largest absolute Gasteiger partial charge is 0.464 e. The highest BCUT2D eigenvalue weighted by Gasteiger charge is 2.27. The van der Waals surface area contributed by atoms with Crippen LogP contribution in [0, 0.1) is 0 Å². The smallest absolute Gasteiger partial charge is 0.323 e. The van der Waals surface area contributed by atoms with E-state index >= 15 is 0 Å². The van der Waals surface area contributed by atoms with Crippen molar-refractivity contribution in [3.63, 3.8) is 0 Å². The average molecular weight is 255 g/mol. The van der Waals surface area contributed by atoms with Gasteiger partial charge < -0.3 is 4.74 Å². The normalized spacial score (nSPS) is 20.5. The minimum Gasteiger partial charge on any atom is -0.464 e. The van der Waals surface area contributed by atoms with Crippen LogP contribution in [0.4, 0.5) is 0 Å². The summed E-state index contributed by atoms with van der Waals surface area (Å²) < 4.78 is 4.97. The molecule has 0 aliphatic carbocycles. The first-order chi connectivity index (χ1) is 9.24. The van der Waals surface area contributed by atoms with E-state index in [9.17, 15) is 4.79 Å². The number of rotatable bonds is 3. The van der Waals surface area contributed by atoms with E-state index in [1.165, 1.54) is 16.3 Å². The molecule has 1 aliphatic rings. The molecule has 0 bridgehead atoms. The second-order valence-electron chi connectivity index (χ2n) is 5.00. The molecular weight excluding hydrogens is 238 g/mol. The predicted molar refractivity (Wildman–Crippen MR) is 74.9 cm³/mol. The monoisotopic (exact) mass is 255 g/mol. The summed E-state index contributed by atoms with van der Waals surface area (Å²) in [4.78, 5) is 11.5. The van der Waals surface area contributed by atoms with Crippen LogP contribution >= 0.6 is 0 Å². The van der Waals surface area contributed by atoms with Gasteiger partial charge in [-0.1, -0.05) is 36.4 Å². The van der Waals surface area contributed by atoms with Crippen LogP contribution in [0.2, 0.25) is 0 Å². The van der Waals surface area contributed by atoms with Crippen LogP contribution in [0.5, 0.6) is 0 Å². The molecule has 2 unspecified atom stereocenters. The van der Waals surface area contributed by atoms with Crippen LogP contribution in [0.1, 0.15) is 24.9 Å². The summed E-state index contributed by atoms with van der Waals surface area (Å²) in [5.41, 5.74) is 1.19. The Morgan fingerprint density at radius 2 is 2.00 bits per heavy atom. The summed E-state index contributed by atoms with van der Waals surface area (Å²) >= 11 is 0. The Morgan fingerprint density at radius 1 is 1.21 bits per heavy atom. The number of hydrogen-bond acceptors (Lipinski definition) is 3. The van der Waals surface area contributed by atoms with Gasteiger partial charge in [0.15, 0.2) is 0 Å². The van der Waals surface area contributed by atoms with Gasteiger partial charge in [-0.3, -0.25) is 10.1 Å². The zero-order valence-corrected chi connectivity index (χ0v) is 10.9. The third-order valence-corrected chi connectivity index (χ3v) is 3.66. The van der Waals surface area contributed by atoms with Crippen molar-refractivity contribution in [2.24, 2.45) is 0 Å². The molecule has 1 heterocycles. The van der Waals surface area contributed by atoms with Gasteiger partial charge in [0.25, 0.3) is 0 Å². The first kappa shape index (κ1) is 12.2. The molecule has 19 heavy (non-hydrogen) atoms. The standard InChI is InChI=1S/C16H17NO2/c1-11(17-15-8-9-19-16(15)18)13-7-6-12-4-2-3-5-14(12)10-13/h2-7,10-11,15,17H,8-9H2,1H3. The second kappa shape index (κ2) is 5.02. The molecule has 2 aromatic rings. The van der Waals surface area contributed by atoms with Crippen LogP contribution in [-0.4, -0.2) is 18.6 Å². The van der Waals surface area contributed by atoms with Gasteiger partial charge >= 0.3 is 5.97 Å². The maximum atomic E-state index is 11.5. The molecule has 0 spiro atoms. The maximum Gasteiger partial charge on any atom is 0.323 e. The Kier molecular flexibility index (Phi) is 3.22. The van der Waals surface area contributed by atoms with Gasteiger partial charge in [-0.2, -0.15) is 0 Å². The lowest BCUT2D eigenvalue weighted by molar-refractivity contribution is -0.139. The molecule has 3 nitrogen and oxygen atoms in total. The fourth-order valence-electron chi connectivity index (χ4n) is 2.52. The second-order valence-corrected chi connectivity index (χ2v) is 5.00. The van der Waals surface area contributed by atoms with Crippen molar-refractivity contribution >= 4 is 16.7 Å². The summed E-state index contributed by atoms with van der Waals surface area (Å²) in [7, 11) is 0. The predicted octanol–water partition coefficient (Wildman–Crippen LogP) is 2.81. The van der Waals surface area contributed by atoms with Gasteiger partial charge in [0, 0.05) is 12.5 Å². The van der Waals surface area contributed by atoms with Crippen LogP contribution in [0.3, 0.4) is 0 Å². The molecule has 2 aromatic carbocycles. The highest BCUT2D eigenvalue weighted by atomic mass is 16.5. The van der Waals surface area contributed by atoms with E-state index in [1.807, 2.05) is 12.1 Å². The molecule has 0 radical (unpaired) electrons. The van der Waals surface area contributed by atoms with Crippen LogP contribution < -0.4 is 5.32 Å². The first-order valence-corrected chi connectivity index (χ1v) is 6.65. The van der Waals surface area contributed by atoms with Crippen molar-refractivity contribution in [1.82, 2.24) is 5.32 Å². The molecular formula is C16H17NO2. The van der Waals surface area contributed by atoms with Gasteiger partial charge in [-0.25, -0.2) is 0 Å². The van der Waals surface area contributed by atoms with Crippen molar-refractivity contribution in [3.8, 4) is 0 Å². The lowest BCUT2D eigenvalue weighted by Crippen LogP contribution is -2.35. The Morgan fingerprint density at radius 3 is 2.74 bits per heavy atom. The first-order valence-electron chi connectivity index (χ1n) is 6.65. The van der Waals surface area contributed by atoms with Crippen LogP contribution in [0.25, 0.3) is 10.8 Å². The summed E-state index contributed by atoms with van der Waals surface area (Å²) in [6, 6.07) is 14.7. The number of esters is 1. The van der Waals surface area contributed by atoms with Crippen LogP contribution in [0.15, 0.2) is 42.5 Å². The highest BCUT2D eigenvalue weighted by Crippen LogP contribution is 2.21. The minimum absolute atomic E-state index is 0.132. The topological polar surface area (TPSA) is 38.3 Å². The molecule has 1 fully saturated rings. The lowest BCUT2D eigenvalue weighted by Gasteiger charge is -2.17. The number of fused-ring (bicyclic) bond motifs is 1. The summed E-state index contributed by atoms with van der Waals surface area (Å²) in [6.45, 7) is 2.61. The summed E-state index contributed by atoms with van der Waals surface area (Å²) in [5, 5.41) is 5.79. The van der Waals surface area contributed by atoms with Crippen molar-refractivity contribution in [1.29, 1.82) is 0 Å². The molecule has 3 rings (SSSR count). The molecule has 1 N–H and O–H groups in total. The van der Waals surface area contributed by atoms with E-state index in [1.54, 1.807) is 0 Å².